The summed E-state index contributed by atoms with van der Waals surface area (Å²) in [5.41, 5.74) is 1.37. The fourth-order valence-electron chi connectivity index (χ4n) is 1.57. The van der Waals surface area contributed by atoms with Gasteiger partial charge in [0.1, 0.15) is 5.82 Å². The summed E-state index contributed by atoms with van der Waals surface area (Å²) < 4.78 is 14.3. The molecule has 2 aromatic rings. The van der Waals surface area contributed by atoms with E-state index in [0.29, 0.717) is 15.8 Å². The summed E-state index contributed by atoms with van der Waals surface area (Å²) in [4.78, 5) is 11.8. The summed E-state index contributed by atoms with van der Waals surface area (Å²) in [6.07, 6.45) is 0. The van der Waals surface area contributed by atoms with Crippen LogP contribution in [-0.2, 0) is 4.79 Å². The lowest BCUT2D eigenvalue weighted by Gasteiger charge is -2.10. The van der Waals surface area contributed by atoms with E-state index < -0.39 is 0 Å². The first-order valence-electron chi connectivity index (χ1n) is 5.79. The first kappa shape index (κ1) is 15.0. The van der Waals surface area contributed by atoms with Crippen molar-refractivity contribution in [2.24, 2.45) is 0 Å². The largest absolute Gasteiger partial charge is 0.375 e. The molecule has 0 heterocycles. The average Bonchev–Trinajstić information content (AvgIpc) is 2.40. The first-order valence-corrected chi connectivity index (χ1v) is 7.38. The number of hydrogen-bond acceptors (Lipinski definition) is 2. The van der Waals surface area contributed by atoms with Gasteiger partial charge in [0.05, 0.1) is 12.2 Å². The Balaban J connectivity index is 1.94. The molecule has 0 saturated heterocycles. The third-order valence-electron chi connectivity index (χ3n) is 2.52. The molecule has 0 atom stereocenters. The van der Waals surface area contributed by atoms with Crippen molar-refractivity contribution in [3.8, 4) is 0 Å². The number of para-hydroxylation sites is 1. The highest BCUT2D eigenvalue weighted by Crippen LogP contribution is 2.23. The first-order chi connectivity index (χ1) is 9.56. The van der Waals surface area contributed by atoms with E-state index in [1.54, 1.807) is 12.1 Å². The van der Waals surface area contributed by atoms with Crippen molar-refractivity contribution in [1.29, 1.82) is 0 Å². The van der Waals surface area contributed by atoms with Gasteiger partial charge in [0.25, 0.3) is 0 Å². The number of carbonyl (C=O) groups excluding carboxylic acids is 1. The number of benzene rings is 2. The molecule has 0 spiro atoms. The predicted octanol–water partition coefficient (Wildman–Crippen LogP) is 4.40. The fraction of sp³-hybridized carbons (Fsp3) is 0.0714. The Bertz CT molecular complexity index is 634. The summed E-state index contributed by atoms with van der Waals surface area (Å²) >= 11 is 6.59. The minimum Gasteiger partial charge on any atom is -0.375 e. The van der Waals surface area contributed by atoms with Crippen molar-refractivity contribution in [2.45, 2.75) is 0 Å². The molecule has 1 amide bonds. The zero-order valence-electron chi connectivity index (χ0n) is 10.3. The van der Waals surface area contributed by atoms with Gasteiger partial charge in [-0.15, -0.1) is 0 Å². The number of amides is 1. The molecule has 104 valence electrons. The Labute approximate surface area is 132 Å². The van der Waals surface area contributed by atoms with Crippen LogP contribution in [0.2, 0.25) is 0 Å². The van der Waals surface area contributed by atoms with E-state index in [-0.39, 0.29) is 18.3 Å². The lowest BCUT2D eigenvalue weighted by Crippen LogP contribution is -2.22. The Kier molecular flexibility index (Phi) is 5.14. The van der Waals surface area contributed by atoms with Crippen molar-refractivity contribution < 1.29 is 9.18 Å². The number of nitrogens with one attached hydrogen (secondary N) is 2. The minimum absolute atomic E-state index is 0.0889. The smallest absolute Gasteiger partial charge is 0.243 e. The summed E-state index contributed by atoms with van der Waals surface area (Å²) in [5, 5.41) is 5.71. The Morgan fingerprint density at radius 2 is 1.80 bits per heavy atom. The number of rotatable bonds is 4. The molecule has 0 unspecified atom stereocenters. The third-order valence-corrected chi connectivity index (χ3v) is 3.87. The van der Waals surface area contributed by atoms with E-state index >= 15 is 0 Å². The Morgan fingerprint density at radius 1 is 1.05 bits per heavy atom. The van der Waals surface area contributed by atoms with Gasteiger partial charge >= 0.3 is 0 Å². The molecule has 2 aromatic carbocycles. The molecule has 20 heavy (non-hydrogen) atoms. The summed E-state index contributed by atoms with van der Waals surface area (Å²) in [6.45, 7) is 0.0889. The molecule has 0 bridgehead atoms. The van der Waals surface area contributed by atoms with Crippen molar-refractivity contribution in [1.82, 2.24) is 0 Å². The van der Waals surface area contributed by atoms with Crippen LogP contribution in [0.4, 0.5) is 15.8 Å². The highest BCUT2D eigenvalue weighted by molar-refractivity contribution is 9.11. The van der Waals surface area contributed by atoms with Gasteiger partial charge in [0.2, 0.25) is 5.91 Å². The Morgan fingerprint density at radius 3 is 2.50 bits per heavy atom. The predicted molar refractivity (Wildman–Crippen MR) is 85.4 cm³/mol. The SMILES string of the molecule is O=C(CNc1ccc(F)cc1Br)Nc1ccccc1Br. The van der Waals surface area contributed by atoms with Crippen LogP contribution in [0.15, 0.2) is 51.4 Å². The molecule has 2 N–H and O–H groups in total. The molecule has 0 aromatic heterocycles. The maximum absolute atomic E-state index is 12.9. The second-order valence-electron chi connectivity index (χ2n) is 4.01. The quantitative estimate of drug-likeness (QED) is 0.797. The van der Waals surface area contributed by atoms with Crippen LogP contribution < -0.4 is 10.6 Å². The van der Waals surface area contributed by atoms with Gasteiger partial charge < -0.3 is 10.6 Å². The maximum Gasteiger partial charge on any atom is 0.243 e. The van der Waals surface area contributed by atoms with Gasteiger partial charge in [-0.25, -0.2) is 4.39 Å². The van der Waals surface area contributed by atoms with E-state index in [9.17, 15) is 9.18 Å². The molecule has 0 radical (unpaired) electrons. The zero-order valence-corrected chi connectivity index (χ0v) is 13.5. The van der Waals surface area contributed by atoms with Crippen LogP contribution in [0, 0.1) is 5.82 Å². The number of anilines is 2. The molecule has 3 nitrogen and oxygen atoms in total. The van der Waals surface area contributed by atoms with Crippen molar-refractivity contribution in [3.05, 3.63) is 57.2 Å². The second-order valence-corrected chi connectivity index (χ2v) is 5.71. The molecule has 6 heteroatoms. The molecular weight excluding hydrogens is 391 g/mol. The lowest BCUT2D eigenvalue weighted by atomic mass is 10.3. The van der Waals surface area contributed by atoms with E-state index in [1.807, 2.05) is 18.2 Å². The topological polar surface area (TPSA) is 41.1 Å². The fourth-order valence-corrected chi connectivity index (χ4v) is 2.44. The summed E-state index contributed by atoms with van der Waals surface area (Å²) in [5.74, 6) is -0.520. The van der Waals surface area contributed by atoms with Gasteiger partial charge in [-0.05, 0) is 62.2 Å². The highest BCUT2D eigenvalue weighted by Gasteiger charge is 2.06. The second kappa shape index (κ2) is 6.85. The molecule has 0 aliphatic rings. The third kappa shape index (κ3) is 4.05. The van der Waals surface area contributed by atoms with Crippen molar-refractivity contribution in [2.75, 3.05) is 17.2 Å². The van der Waals surface area contributed by atoms with E-state index in [2.05, 4.69) is 42.5 Å². The molecule has 0 aliphatic carbocycles. The molecule has 2 rings (SSSR count). The molecule has 0 saturated carbocycles. The van der Waals surface area contributed by atoms with E-state index in [1.165, 1.54) is 12.1 Å². The Hall–Kier alpha value is -1.40. The number of hydrogen-bond donors (Lipinski definition) is 2. The van der Waals surface area contributed by atoms with E-state index in [4.69, 9.17) is 0 Å². The maximum atomic E-state index is 12.9. The van der Waals surface area contributed by atoms with Crippen LogP contribution in [0.3, 0.4) is 0 Å². The standard InChI is InChI=1S/C14H11Br2FN2O/c15-10-3-1-2-4-13(10)19-14(20)8-18-12-6-5-9(17)7-11(12)16/h1-7,18H,8H2,(H,19,20). The summed E-state index contributed by atoms with van der Waals surface area (Å²) in [6, 6.07) is 11.6. The monoisotopic (exact) mass is 400 g/mol. The summed E-state index contributed by atoms with van der Waals surface area (Å²) in [7, 11) is 0. The molecule has 0 fully saturated rings. The zero-order chi connectivity index (χ0) is 14.5. The van der Waals surface area contributed by atoms with Crippen LogP contribution in [0.25, 0.3) is 0 Å². The average molecular weight is 402 g/mol. The number of carbonyl (C=O) groups is 1. The highest BCUT2D eigenvalue weighted by atomic mass is 79.9. The normalized spacial score (nSPS) is 10.2. The minimum atomic E-state index is -0.333. The number of halogens is 3. The van der Waals surface area contributed by atoms with Crippen LogP contribution in [0.5, 0.6) is 0 Å². The van der Waals surface area contributed by atoms with Gasteiger partial charge in [0, 0.05) is 14.6 Å². The lowest BCUT2D eigenvalue weighted by molar-refractivity contribution is -0.114. The van der Waals surface area contributed by atoms with Gasteiger partial charge in [-0.2, -0.15) is 0 Å². The molecular formula is C14H11Br2FN2O. The van der Waals surface area contributed by atoms with Crippen LogP contribution in [-0.4, -0.2) is 12.5 Å². The van der Waals surface area contributed by atoms with Gasteiger partial charge in [-0.1, -0.05) is 12.1 Å². The van der Waals surface area contributed by atoms with Crippen LogP contribution in [0.1, 0.15) is 0 Å². The van der Waals surface area contributed by atoms with E-state index in [0.717, 1.165) is 4.47 Å². The van der Waals surface area contributed by atoms with Gasteiger partial charge in [0.15, 0.2) is 0 Å². The van der Waals surface area contributed by atoms with Crippen molar-refractivity contribution >= 4 is 49.1 Å². The molecule has 0 aliphatic heterocycles. The van der Waals surface area contributed by atoms with Crippen LogP contribution >= 0.6 is 31.9 Å². The van der Waals surface area contributed by atoms with Gasteiger partial charge in [-0.3, -0.25) is 4.79 Å². The van der Waals surface area contributed by atoms with Crippen molar-refractivity contribution in [3.63, 3.8) is 0 Å².